The van der Waals surface area contributed by atoms with Crippen LogP contribution < -0.4 is 9.80 Å². The van der Waals surface area contributed by atoms with Crippen molar-refractivity contribution in [3.05, 3.63) is 59.3 Å². The molecule has 5 nitrogen and oxygen atoms in total. The van der Waals surface area contributed by atoms with E-state index >= 15 is 0 Å². The Kier molecular flexibility index (Phi) is 4.98. The van der Waals surface area contributed by atoms with Gasteiger partial charge in [0.2, 0.25) is 0 Å². The molecule has 0 aliphatic carbocycles. The number of benzene rings is 2. The maximum Gasteiger partial charge on any atom is 0.148 e. The molecule has 5 rings (SSSR count). The number of ether oxygens (including phenoxy) is 1. The standard InChI is InChI=1S/C23H24F2N4O/c1-15-9-19(21-3-2-4-29(21)18-12-16(24)11-17(25)13-18)23-20(10-15)26-14-22(27-23)28-5-7-30-8-6-28/h9-14,21H,2-8H2,1H3. The van der Waals surface area contributed by atoms with Crippen molar-refractivity contribution in [3.63, 3.8) is 0 Å². The Bertz CT molecular complexity index is 1060. The molecule has 1 atom stereocenters. The Morgan fingerprint density at radius 1 is 1.00 bits per heavy atom. The van der Waals surface area contributed by atoms with Gasteiger partial charge in [0.15, 0.2) is 0 Å². The van der Waals surface area contributed by atoms with Gasteiger partial charge in [-0.3, -0.25) is 4.98 Å². The van der Waals surface area contributed by atoms with E-state index in [0.717, 1.165) is 66.5 Å². The fraction of sp³-hybridized carbons (Fsp3) is 0.391. The number of morpholine rings is 1. The van der Waals surface area contributed by atoms with Crippen LogP contribution in [-0.2, 0) is 4.74 Å². The molecule has 30 heavy (non-hydrogen) atoms. The summed E-state index contributed by atoms with van der Waals surface area (Å²) in [5.41, 5.74) is 4.44. The number of aromatic nitrogens is 2. The average Bonchev–Trinajstić information content (AvgIpc) is 3.22. The highest BCUT2D eigenvalue weighted by atomic mass is 19.1. The average molecular weight is 410 g/mol. The van der Waals surface area contributed by atoms with E-state index < -0.39 is 11.6 Å². The molecule has 3 heterocycles. The molecule has 156 valence electrons. The lowest BCUT2D eigenvalue weighted by atomic mass is 9.99. The van der Waals surface area contributed by atoms with E-state index in [1.165, 1.54) is 12.1 Å². The van der Waals surface area contributed by atoms with Gasteiger partial charge in [-0.05, 0) is 43.5 Å². The quantitative estimate of drug-likeness (QED) is 0.640. The SMILES string of the molecule is Cc1cc(C2CCCN2c2cc(F)cc(F)c2)c2nc(N3CCOCC3)cnc2c1. The molecule has 0 spiro atoms. The van der Waals surface area contributed by atoms with Crippen molar-refractivity contribution in [1.29, 1.82) is 0 Å². The van der Waals surface area contributed by atoms with Gasteiger partial charge in [0.25, 0.3) is 0 Å². The molecule has 0 radical (unpaired) electrons. The minimum atomic E-state index is -0.556. The minimum Gasteiger partial charge on any atom is -0.378 e. The molecule has 3 aromatic rings. The highest BCUT2D eigenvalue weighted by Gasteiger charge is 2.29. The van der Waals surface area contributed by atoms with Gasteiger partial charge in [0, 0.05) is 37.0 Å². The van der Waals surface area contributed by atoms with E-state index in [2.05, 4.69) is 15.9 Å². The van der Waals surface area contributed by atoms with Gasteiger partial charge in [-0.15, -0.1) is 0 Å². The number of aryl methyl sites for hydroxylation is 1. The Labute approximate surface area is 174 Å². The lowest BCUT2D eigenvalue weighted by molar-refractivity contribution is 0.122. The van der Waals surface area contributed by atoms with E-state index in [1.807, 2.05) is 19.2 Å². The van der Waals surface area contributed by atoms with Crippen molar-refractivity contribution >= 4 is 22.5 Å². The molecule has 2 aromatic carbocycles. The number of anilines is 2. The lowest BCUT2D eigenvalue weighted by Gasteiger charge is -2.29. The molecular weight excluding hydrogens is 386 g/mol. The molecule has 2 aliphatic rings. The zero-order chi connectivity index (χ0) is 20.7. The predicted octanol–water partition coefficient (Wildman–Crippen LogP) is 4.39. The Morgan fingerprint density at radius 3 is 2.53 bits per heavy atom. The van der Waals surface area contributed by atoms with Crippen LogP contribution in [-0.4, -0.2) is 42.8 Å². The fourth-order valence-electron chi connectivity index (χ4n) is 4.58. The number of nitrogens with zero attached hydrogens (tertiary/aromatic N) is 4. The Hall–Kier alpha value is -2.80. The normalized spacial score (nSPS) is 19.6. The van der Waals surface area contributed by atoms with Crippen LogP contribution in [0, 0.1) is 18.6 Å². The van der Waals surface area contributed by atoms with Gasteiger partial charge in [-0.2, -0.15) is 0 Å². The van der Waals surface area contributed by atoms with Crippen molar-refractivity contribution in [1.82, 2.24) is 9.97 Å². The van der Waals surface area contributed by atoms with Gasteiger partial charge in [-0.1, -0.05) is 6.07 Å². The second-order valence-corrected chi connectivity index (χ2v) is 8.03. The van der Waals surface area contributed by atoms with Crippen molar-refractivity contribution in [2.24, 2.45) is 0 Å². The van der Waals surface area contributed by atoms with Crippen LogP contribution >= 0.6 is 0 Å². The van der Waals surface area contributed by atoms with Gasteiger partial charge >= 0.3 is 0 Å². The first-order valence-electron chi connectivity index (χ1n) is 10.4. The molecule has 2 fully saturated rings. The van der Waals surface area contributed by atoms with Crippen molar-refractivity contribution in [3.8, 4) is 0 Å². The van der Waals surface area contributed by atoms with Crippen LogP contribution in [0.4, 0.5) is 20.3 Å². The number of rotatable bonds is 3. The minimum absolute atomic E-state index is 0.00263. The van der Waals surface area contributed by atoms with Crippen LogP contribution in [0.2, 0.25) is 0 Å². The second-order valence-electron chi connectivity index (χ2n) is 8.03. The zero-order valence-corrected chi connectivity index (χ0v) is 16.9. The topological polar surface area (TPSA) is 41.5 Å². The summed E-state index contributed by atoms with van der Waals surface area (Å²) in [7, 11) is 0. The number of hydrogen-bond acceptors (Lipinski definition) is 5. The third-order valence-corrected chi connectivity index (χ3v) is 5.93. The van der Waals surface area contributed by atoms with E-state index in [-0.39, 0.29) is 6.04 Å². The smallest absolute Gasteiger partial charge is 0.148 e. The van der Waals surface area contributed by atoms with Crippen LogP contribution in [0.3, 0.4) is 0 Å². The summed E-state index contributed by atoms with van der Waals surface area (Å²) >= 11 is 0. The molecule has 2 aliphatic heterocycles. The summed E-state index contributed by atoms with van der Waals surface area (Å²) in [5.74, 6) is -0.268. The first kappa shape index (κ1) is 19.2. The maximum atomic E-state index is 13.9. The number of hydrogen-bond donors (Lipinski definition) is 0. The number of halogens is 2. The van der Waals surface area contributed by atoms with E-state index in [4.69, 9.17) is 14.7 Å². The third-order valence-electron chi connectivity index (χ3n) is 5.93. The van der Waals surface area contributed by atoms with Crippen molar-refractivity contribution in [2.45, 2.75) is 25.8 Å². The molecule has 0 bridgehead atoms. The monoisotopic (exact) mass is 410 g/mol. The molecule has 1 aromatic heterocycles. The van der Waals surface area contributed by atoms with Crippen LogP contribution in [0.15, 0.2) is 36.5 Å². The van der Waals surface area contributed by atoms with Gasteiger partial charge in [-0.25, -0.2) is 13.8 Å². The van der Waals surface area contributed by atoms with Crippen LogP contribution in [0.25, 0.3) is 11.0 Å². The number of fused-ring (bicyclic) bond motifs is 1. The molecule has 0 N–H and O–H groups in total. The summed E-state index contributed by atoms with van der Waals surface area (Å²) in [6.07, 6.45) is 3.68. The zero-order valence-electron chi connectivity index (χ0n) is 16.9. The van der Waals surface area contributed by atoms with Gasteiger partial charge in [0.1, 0.15) is 17.5 Å². The first-order chi connectivity index (χ1) is 14.6. The van der Waals surface area contributed by atoms with Gasteiger partial charge < -0.3 is 14.5 Å². The summed E-state index contributed by atoms with van der Waals surface area (Å²) in [4.78, 5) is 13.9. The van der Waals surface area contributed by atoms with Crippen molar-refractivity contribution < 1.29 is 13.5 Å². The molecule has 0 amide bonds. The van der Waals surface area contributed by atoms with Crippen molar-refractivity contribution in [2.75, 3.05) is 42.6 Å². The first-order valence-corrected chi connectivity index (χ1v) is 10.4. The molecular formula is C23H24F2N4O. The largest absolute Gasteiger partial charge is 0.378 e. The summed E-state index contributed by atoms with van der Waals surface area (Å²) in [6.45, 7) is 5.74. The van der Waals surface area contributed by atoms with E-state index in [0.29, 0.717) is 18.9 Å². The highest BCUT2D eigenvalue weighted by Crippen LogP contribution is 2.39. The maximum absolute atomic E-state index is 13.9. The van der Waals surface area contributed by atoms with Crippen LogP contribution in [0.5, 0.6) is 0 Å². The molecule has 7 heteroatoms. The second kappa shape index (κ2) is 7.80. The van der Waals surface area contributed by atoms with E-state index in [9.17, 15) is 8.78 Å². The Morgan fingerprint density at radius 2 is 1.77 bits per heavy atom. The molecule has 2 saturated heterocycles. The third kappa shape index (κ3) is 3.58. The highest BCUT2D eigenvalue weighted by molar-refractivity contribution is 5.81. The summed E-state index contributed by atoms with van der Waals surface area (Å²) in [5, 5.41) is 0. The fourth-order valence-corrected chi connectivity index (χ4v) is 4.58. The van der Waals surface area contributed by atoms with Gasteiger partial charge in [0.05, 0.1) is 36.5 Å². The Balaban J connectivity index is 1.59. The molecule has 0 saturated carbocycles. The predicted molar refractivity (Wildman–Crippen MR) is 113 cm³/mol. The molecule has 1 unspecified atom stereocenters. The van der Waals surface area contributed by atoms with E-state index in [1.54, 1.807) is 0 Å². The summed E-state index contributed by atoms with van der Waals surface area (Å²) < 4.78 is 33.2. The lowest BCUT2D eigenvalue weighted by Crippen LogP contribution is -2.36. The van der Waals surface area contributed by atoms with Crippen LogP contribution in [0.1, 0.15) is 30.0 Å². The summed E-state index contributed by atoms with van der Waals surface area (Å²) in [6, 6.07) is 7.91.